The summed E-state index contributed by atoms with van der Waals surface area (Å²) in [6.45, 7) is 0.817. The first-order valence-electron chi connectivity index (χ1n) is 9.35. The Bertz CT molecular complexity index is 684. The van der Waals surface area contributed by atoms with Gasteiger partial charge in [-0.2, -0.15) is 0 Å². The smallest absolute Gasteiger partial charge is 0.228 e. The van der Waals surface area contributed by atoms with Gasteiger partial charge in [-0.3, -0.25) is 0 Å². The molecule has 3 unspecified atom stereocenters. The van der Waals surface area contributed by atoms with Crippen LogP contribution in [0.15, 0.2) is 60.7 Å². The highest BCUT2D eigenvalue weighted by molar-refractivity contribution is 5.14. The number of alkyl halides is 1. The Hall–Kier alpha value is -1.83. The zero-order chi connectivity index (χ0) is 19.8. The summed E-state index contributed by atoms with van der Waals surface area (Å²) in [4.78, 5) is 0. The second kappa shape index (κ2) is 10.6. The van der Waals surface area contributed by atoms with Gasteiger partial charge in [0, 0.05) is 14.2 Å². The van der Waals surface area contributed by atoms with Crippen molar-refractivity contribution in [2.75, 3.05) is 20.8 Å². The fourth-order valence-corrected chi connectivity index (χ4v) is 3.34. The maximum atomic E-state index is 14.8. The molecule has 0 spiro atoms. The van der Waals surface area contributed by atoms with Crippen LogP contribution in [0.4, 0.5) is 4.39 Å². The van der Waals surface area contributed by atoms with E-state index in [4.69, 9.17) is 23.7 Å². The fraction of sp³-hybridized carbons (Fsp3) is 0.455. The van der Waals surface area contributed by atoms with Crippen LogP contribution in [0.1, 0.15) is 11.1 Å². The van der Waals surface area contributed by atoms with Crippen molar-refractivity contribution in [3.63, 3.8) is 0 Å². The number of methoxy groups -OCH3 is 2. The Kier molecular flexibility index (Phi) is 7.94. The first-order valence-corrected chi connectivity index (χ1v) is 9.35. The van der Waals surface area contributed by atoms with E-state index in [-0.39, 0.29) is 13.2 Å². The molecule has 3 rings (SSSR count). The van der Waals surface area contributed by atoms with Gasteiger partial charge >= 0.3 is 0 Å². The summed E-state index contributed by atoms with van der Waals surface area (Å²) in [7, 11) is 3.08. The molecule has 0 bridgehead atoms. The van der Waals surface area contributed by atoms with Crippen molar-refractivity contribution in [1.29, 1.82) is 0 Å². The molecule has 152 valence electrons. The van der Waals surface area contributed by atoms with Crippen LogP contribution >= 0.6 is 0 Å². The van der Waals surface area contributed by atoms with Crippen LogP contribution < -0.4 is 0 Å². The van der Waals surface area contributed by atoms with Crippen LogP contribution in [0, 0.1) is 0 Å². The van der Waals surface area contributed by atoms with E-state index in [2.05, 4.69) is 0 Å². The van der Waals surface area contributed by atoms with Gasteiger partial charge in [0.2, 0.25) is 6.36 Å². The maximum Gasteiger partial charge on any atom is 0.228 e. The minimum Gasteiger partial charge on any atom is -0.382 e. The predicted octanol–water partition coefficient (Wildman–Crippen LogP) is 3.51. The van der Waals surface area contributed by atoms with E-state index in [0.29, 0.717) is 6.61 Å². The number of ether oxygens (including phenoxy) is 5. The molecule has 1 fully saturated rings. The highest BCUT2D eigenvalue weighted by atomic mass is 19.1. The number of hydrogen-bond donors (Lipinski definition) is 0. The lowest BCUT2D eigenvalue weighted by Gasteiger charge is -2.43. The lowest BCUT2D eigenvalue weighted by molar-refractivity contribution is -0.291. The van der Waals surface area contributed by atoms with E-state index in [0.717, 1.165) is 11.1 Å². The average molecular weight is 390 g/mol. The number of hydrogen-bond acceptors (Lipinski definition) is 5. The molecule has 5 nitrogen and oxygen atoms in total. The van der Waals surface area contributed by atoms with Gasteiger partial charge in [0.25, 0.3) is 0 Å². The fourth-order valence-electron chi connectivity index (χ4n) is 3.34. The minimum atomic E-state index is -1.63. The lowest BCUT2D eigenvalue weighted by Crippen LogP contribution is -2.59. The van der Waals surface area contributed by atoms with Gasteiger partial charge in [-0.1, -0.05) is 60.7 Å². The van der Waals surface area contributed by atoms with E-state index in [1.54, 1.807) is 7.11 Å². The van der Waals surface area contributed by atoms with Crippen LogP contribution in [0.2, 0.25) is 0 Å². The summed E-state index contributed by atoms with van der Waals surface area (Å²) < 4.78 is 43.1. The van der Waals surface area contributed by atoms with Gasteiger partial charge < -0.3 is 23.7 Å². The number of benzene rings is 2. The summed E-state index contributed by atoms with van der Waals surface area (Å²) in [5, 5.41) is 0. The van der Waals surface area contributed by atoms with E-state index in [1.807, 2.05) is 60.7 Å². The molecule has 6 heteroatoms. The van der Waals surface area contributed by atoms with Crippen molar-refractivity contribution in [1.82, 2.24) is 0 Å². The Morgan fingerprint density at radius 2 is 1.32 bits per heavy atom. The number of rotatable bonds is 9. The van der Waals surface area contributed by atoms with E-state index >= 15 is 0 Å². The molecule has 1 aliphatic rings. The molecule has 0 aliphatic carbocycles. The van der Waals surface area contributed by atoms with Gasteiger partial charge in [0.15, 0.2) is 0 Å². The highest BCUT2D eigenvalue weighted by Gasteiger charge is 2.48. The van der Waals surface area contributed by atoms with Crippen LogP contribution in [-0.2, 0) is 36.9 Å². The van der Waals surface area contributed by atoms with Crippen LogP contribution in [0.5, 0.6) is 0 Å². The Balaban J connectivity index is 1.71. The van der Waals surface area contributed by atoms with E-state index in [9.17, 15) is 4.39 Å². The van der Waals surface area contributed by atoms with Crippen molar-refractivity contribution < 1.29 is 28.1 Å². The molecule has 0 N–H and O–H groups in total. The standard InChI is InChI=1S/C22H27FO5/c1-24-15-18-19(26-13-16-9-5-3-6-10-16)20(25-2)21(22(23)28-18)27-14-17-11-7-4-8-12-17/h3-12,18-22H,13-15H2,1-2H3/t18?,19-,20?,21?,22-/m1/s1. The van der Waals surface area contributed by atoms with Crippen LogP contribution in [0.3, 0.4) is 0 Å². The molecule has 28 heavy (non-hydrogen) atoms. The summed E-state index contributed by atoms with van der Waals surface area (Å²) in [5.74, 6) is 0. The Morgan fingerprint density at radius 3 is 1.82 bits per heavy atom. The molecule has 0 amide bonds. The average Bonchev–Trinajstić information content (AvgIpc) is 2.73. The third kappa shape index (κ3) is 5.37. The van der Waals surface area contributed by atoms with Crippen molar-refractivity contribution in [2.24, 2.45) is 0 Å². The molecule has 1 saturated heterocycles. The minimum absolute atomic E-state index is 0.200. The predicted molar refractivity (Wildman–Crippen MR) is 102 cm³/mol. The van der Waals surface area contributed by atoms with Crippen molar-refractivity contribution >= 4 is 0 Å². The molecule has 0 saturated carbocycles. The van der Waals surface area contributed by atoms with Gasteiger partial charge in [-0.15, -0.1) is 0 Å². The van der Waals surface area contributed by atoms with Gasteiger partial charge in [0.1, 0.15) is 24.4 Å². The number of halogens is 1. The molecule has 2 aromatic rings. The summed E-state index contributed by atoms with van der Waals surface area (Å²) in [6.07, 6.45) is -4.29. The molecule has 0 radical (unpaired) electrons. The SMILES string of the molecule is COCC1O[C@@H](F)C(OCc2ccccc2)C(OC)[C@@H]1OCc1ccccc1. The summed E-state index contributed by atoms with van der Waals surface area (Å²) in [5.41, 5.74) is 1.96. The van der Waals surface area contributed by atoms with Crippen molar-refractivity contribution in [3.05, 3.63) is 71.8 Å². The Morgan fingerprint density at radius 1 is 0.786 bits per heavy atom. The molecule has 0 aromatic heterocycles. The van der Waals surface area contributed by atoms with Gasteiger partial charge in [0.05, 0.1) is 19.8 Å². The zero-order valence-electron chi connectivity index (χ0n) is 16.2. The third-order valence-corrected chi connectivity index (χ3v) is 4.75. The first kappa shape index (κ1) is 20.9. The van der Waals surface area contributed by atoms with Crippen LogP contribution in [0.25, 0.3) is 0 Å². The van der Waals surface area contributed by atoms with E-state index < -0.39 is 30.8 Å². The topological polar surface area (TPSA) is 46.2 Å². The maximum absolute atomic E-state index is 14.8. The van der Waals surface area contributed by atoms with Crippen molar-refractivity contribution in [2.45, 2.75) is 44.0 Å². The lowest BCUT2D eigenvalue weighted by atomic mass is 9.98. The second-order valence-electron chi connectivity index (χ2n) is 6.70. The highest BCUT2D eigenvalue weighted by Crippen LogP contribution is 2.30. The Labute approximate surface area is 165 Å². The van der Waals surface area contributed by atoms with Crippen molar-refractivity contribution in [3.8, 4) is 0 Å². The van der Waals surface area contributed by atoms with E-state index in [1.165, 1.54) is 7.11 Å². The first-order chi connectivity index (χ1) is 13.7. The van der Waals surface area contributed by atoms with Gasteiger partial charge in [-0.25, -0.2) is 4.39 Å². The summed E-state index contributed by atoms with van der Waals surface area (Å²) >= 11 is 0. The third-order valence-electron chi connectivity index (χ3n) is 4.75. The molecule has 5 atom stereocenters. The summed E-state index contributed by atoms with van der Waals surface area (Å²) in [6, 6.07) is 19.4. The zero-order valence-corrected chi connectivity index (χ0v) is 16.2. The van der Waals surface area contributed by atoms with Crippen LogP contribution in [-0.4, -0.2) is 51.6 Å². The normalized spacial score (nSPS) is 27.6. The van der Waals surface area contributed by atoms with Gasteiger partial charge in [-0.05, 0) is 11.1 Å². The molecule has 1 heterocycles. The molecule has 2 aromatic carbocycles. The second-order valence-corrected chi connectivity index (χ2v) is 6.70. The molecular weight excluding hydrogens is 363 g/mol. The quantitative estimate of drug-likeness (QED) is 0.656. The molecule has 1 aliphatic heterocycles. The monoisotopic (exact) mass is 390 g/mol. The molecular formula is C22H27FO5. The largest absolute Gasteiger partial charge is 0.382 e.